The second-order valence-electron chi connectivity index (χ2n) is 3.68. The van der Waals surface area contributed by atoms with Gasteiger partial charge in [-0.05, 0) is 24.3 Å². The SMILES string of the molecule is NNc1nc(Sc2ccc(Cl)cc2)c2cn[nH]c2n1. The molecule has 0 spiro atoms. The van der Waals surface area contributed by atoms with Gasteiger partial charge in [-0.25, -0.2) is 10.8 Å². The van der Waals surface area contributed by atoms with Crippen molar-refractivity contribution >= 4 is 40.3 Å². The number of nitrogens with zero attached hydrogens (tertiary/aromatic N) is 3. The van der Waals surface area contributed by atoms with Crippen molar-refractivity contribution in [3.8, 4) is 0 Å². The molecule has 3 rings (SSSR count). The monoisotopic (exact) mass is 292 g/mol. The Morgan fingerprint density at radius 2 is 2.00 bits per heavy atom. The van der Waals surface area contributed by atoms with Gasteiger partial charge >= 0.3 is 0 Å². The van der Waals surface area contributed by atoms with E-state index in [1.165, 1.54) is 11.8 Å². The number of nitrogens with two attached hydrogens (primary N) is 1. The van der Waals surface area contributed by atoms with E-state index in [0.29, 0.717) is 16.6 Å². The molecule has 0 fully saturated rings. The van der Waals surface area contributed by atoms with E-state index in [4.69, 9.17) is 17.4 Å². The van der Waals surface area contributed by atoms with Crippen LogP contribution in [0.1, 0.15) is 0 Å². The second-order valence-corrected chi connectivity index (χ2v) is 5.18. The number of H-pyrrole nitrogens is 1. The van der Waals surface area contributed by atoms with Crippen LogP contribution < -0.4 is 11.3 Å². The van der Waals surface area contributed by atoms with E-state index < -0.39 is 0 Å². The van der Waals surface area contributed by atoms with Gasteiger partial charge in [-0.2, -0.15) is 10.1 Å². The lowest BCUT2D eigenvalue weighted by molar-refractivity contribution is 1.05. The van der Waals surface area contributed by atoms with Crippen LogP contribution in [0.4, 0.5) is 5.95 Å². The van der Waals surface area contributed by atoms with E-state index in [0.717, 1.165) is 15.3 Å². The number of rotatable bonds is 3. The molecule has 19 heavy (non-hydrogen) atoms. The largest absolute Gasteiger partial charge is 0.292 e. The molecule has 1 aromatic carbocycles. The lowest BCUT2D eigenvalue weighted by Gasteiger charge is -2.04. The molecule has 3 aromatic rings. The number of hydrazine groups is 1. The lowest BCUT2D eigenvalue weighted by atomic mass is 10.4. The van der Waals surface area contributed by atoms with E-state index >= 15 is 0 Å². The van der Waals surface area contributed by atoms with Crippen LogP contribution in [0.5, 0.6) is 0 Å². The van der Waals surface area contributed by atoms with E-state index in [1.807, 2.05) is 24.3 Å². The zero-order valence-electron chi connectivity index (χ0n) is 9.59. The van der Waals surface area contributed by atoms with Gasteiger partial charge in [-0.15, -0.1) is 0 Å². The van der Waals surface area contributed by atoms with Crippen LogP contribution in [-0.2, 0) is 0 Å². The average molecular weight is 293 g/mol. The molecule has 4 N–H and O–H groups in total. The number of fused-ring (bicyclic) bond motifs is 1. The Hall–Kier alpha value is -1.83. The number of anilines is 1. The quantitative estimate of drug-likeness (QED) is 0.390. The van der Waals surface area contributed by atoms with Gasteiger partial charge in [0, 0.05) is 9.92 Å². The summed E-state index contributed by atoms with van der Waals surface area (Å²) in [5, 5.41) is 9.08. The first-order valence-corrected chi connectivity index (χ1v) is 6.57. The molecule has 0 amide bonds. The van der Waals surface area contributed by atoms with Crippen LogP contribution in [0.25, 0.3) is 11.0 Å². The molecule has 2 aromatic heterocycles. The number of aromatic amines is 1. The van der Waals surface area contributed by atoms with Gasteiger partial charge in [-0.1, -0.05) is 23.4 Å². The van der Waals surface area contributed by atoms with E-state index in [2.05, 4.69) is 25.6 Å². The number of aromatic nitrogens is 4. The molecule has 0 bridgehead atoms. The summed E-state index contributed by atoms with van der Waals surface area (Å²) < 4.78 is 0. The Kier molecular flexibility index (Phi) is 3.24. The maximum atomic E-state index is 5.86. The minimum absolute atomic E-state index is 0.341. The lowest BCUT2D eigenvalue weighted by Crippen LogP contribution is -2.10. The standard InChI is InChI=1S/C11H9ClN6S/c12-6-1-3-7(4-2-6)19-10-8-5-14-18-9(8)15-11(16-10)17-13/h1-5H,13H2,(H2,14,15,16,17,18). The predicted molar refractivity (Wildman–Crippen MR) is 75.1 cm³/mol. The highest BCUT2D eigenvalue weighted by molar-refractivity contribution is 7.99. The van der Waals surface area contributed by atoms with Crippen LogP contribution >= 0.6 is 23.4 Å². The summed E-state index contributed by atoms with van der Waals surface area (Å²) in [7, 11) is 0. The third-order valence-corrected chi connectivity index (χ3v) is 3.70. The Balaban J connectivity index is 2.03. The second kappa shape index (κ2) is 5.04. The van der Waals surface area contributed by atoms with Crippen molar-refractivity contribution < 1.29 is 0 Å². The van der Waals surface area contributed by atoms with E-state index in [9.17, 15) is 0 Å². The molecule has 0 aliphatic carbocycles. The van der Waals surface area contributed by atoms with Gasteiger partial charge in [0.25, 0.3) is 0 Å². The Morgan fingerprint density at radius 3 is 2.74 bits per heavy atom. The highest BCUT2D eigenvalue weighted by Gasteiger charge is 2.10. The Bertz CT molecular complexity index is 711. The molecule has 8 heteroatoms. The predicted octanol–water partition coefficient (Wildman–Crippen LogP) is 2.44. The number of hydrogen-bond donors (Lipinski definition) is 3. The molecular formula is C11H9ClN6S. The van der Waals surface area contributed by atoms with Crippen molar-refractivity contribution in [2.75, 3.05) is 5.43 Å². The van der Waals surface area contributed by atoms with Crippen molar-refractivity contribution in [1.82, 2.24) is 20.2 Å². The summed E-state index contributed by atoms with van der Waals surface area (Å²) in [5.74, 6) is 5.70. The molecular weight excluding hydrogens is 284 g/mol. The van der Waals surface area contributed by atoms with E-state index in [-0.39, 0.29) is 0 Å². The van der Waals surface area contributed by atoms with Crippen molar-refractivity contribution in [2.24, 2.45) is 5.84 Å². The first-order chi connectivity index (χ1) is 9.26. The molecule has 0 saturated carbocycles. The minimum Gasteiger partial charge on any atom is -0.292 e. The van der Waals surface area contributed by atoms with Crippen LogP contribution in [0.15, 0.2) is 40.4 Å². The average Bonchev–Trinajstić information content (AvgIpc) is 2.89. The van der Waals surface area contributed by atoms with Crippen molar-refractivity contribution in [3.05, 3.63) is 35.5 Å². The number of nitrogens with one attached hydrogen (secondary N) is 2. The van der Waals surface area contributed by atoms with Gasteiger partial charge in [0.1, 0.15) is 5.03 Å². The van der Waals surface area contributed by atoms with Gasteiger partial charge in [0.05, 0.1) is 11.6 Å². The third kappa shape index (κ3) is 2.48. The summed E-state index contributed by atoms with van der Waals surface area (Å²) in [5.41, 5.74) is 3.08. The van der Waals surface area contributed by atoms with Crippen LogP contribution in [-0.4, -0.2) is 20.2 Å². The zero-order valence-corrected chi connectivity index (χ0v) is 11.2. The molecule has 0 radical (unpaired) electrons. The molecule has 96 valence electrons. The fourth-order valence-corrected chi connectivity index (χ4v) is 2.58. The van der Waals surface area contributed by atoms with Crippen LogP contribution in [0.2, 0.25) is 5.02 Å². The van der Waals surface area contributed by atoms with Crippen molar-refractivity contribution in [1.29, 1.82) is 0 Å². The van der Waals surface area contributed by atoms with Crippen LogP contribution in [0, 0.1) is 0 Å². The number of halogens is 1. The fraction of sp³-hybridized carbons (Fsp3) is 0. The van der Waals surface area contributed by atoms with Crippen LogP contribution in [0.3, 0.4) is 0 Å². The highest BCUT2D eigenvalue weighted by atomic mass is 35.5. The first kappa shape index (κ1) is 12.2. The Labute approximate surface area is 117 Å². The van der Waals surface area contributed by atoms with Gasteiger partial charge < -0.3 is 0 Å². The smallest absolute Gasteiger partial charge is 0.240 e. The maximum absolute atomic E-state index is 5.86. The molecule has 2 heterocycles. The summed E-state index contributed by atoms with van der Waals surface area (Å²) in [4.78, 5) is 9.52. The van der Waals surface area contributed by atoms with Gasteiger partial charge in [0.2, 0.25) is 5.95 Å². The van der Waals surface area contributed by atoms with Gasteiger partial charge in [-0.3, -0.25) is 10.5 Å². The molecule has 6 nitrogen and oxygen atoms in total. The maximum Gasteiger partial charge on any atom is 0.240 e. The topological polar surface area (TPSA) is 92.5 Å². The minimum atomic E-state index is 0.341. The van der Waals surface area contributed by atoms with Crippen molar-refractivity contribution in [2.45, 2.75) is 9.92 Å². The highest BCUT2D eigenvalue weighted by Crippen LogP contribution is 2.32. The molecule has 0 atom stereocenters. The third-order valence-electron chi connectivity index (χ3n) is 2.43. The molecule has 0 saturated heterocycles. The van der Waals surface area contributed by atoms with Gasteiger partial charge in [0.15, 0.2) is 5.65 Å². The molecule has 0 aliphatic heterocycles. The summed E-state index contributed by atoms with van der Waals surface area (Å²) in [6, 6.07) is 7.52. The van der Waals surface area contributed by atoms with E-state index in [1.54, 1.807) is 6.20 Å². The Morgan fingerprint density at radius 1 is 1.21 bits per heavy atom. The fourth-order valence-electron chi connectivity index (χ4n) is 1.56. The number of hydrogen-bond acceptors (Lipinski definition) is 6. The summed E-state index contributed by atoms with van der Waals surface area (Å²) in [6.07, 6.45) is 1.69. The normalized spacial score (nSPS) is 10.8. The molecule has 0 unspecified atom stereocenters. The number of nitrogen functional groups attached to an aromatic ring is 1. The molecule has 0 aliphatic rings. The summed E-state index contributed by atoms with van der Waals surface area (Å²) in [6.45, 7) is 0. The first-order valence-electron chi connectivity index (χ1n) is 5.37. The van der Waals surface area contributed by atoms with Crippen molar-refractivity contribution in [3.63, 3.8) is 0 Å². The number of benzene rings is 1. The summed E-state index contributed by atoms with van der Waals surface area (Å²) >= 11 is 7.36. The zero-order chi connectivity index (χ0) is 13.2.